The van der Waals surface area contributed by atoms with Crippen LogP contribution in [-0.2, 0) is 20.9 Å². The molecule has 1 aromatic rings. The number of rotatable bonds is 4. The molecule has 1 N–H and O–H groups in total. The fourth-order valence-electron chi connectivity index (χ4n) is 1.50. The maximum atomic E-state index is 11.8. The van der Waals surface area contributed by atoms with Crippen LogP contribution in [0.25, 0.3) is 0 Å². The molecule has 1 amide bonds. The first kappa shape index (κ1) is 14.6. The monoisotopic (exact) mass is 322 g/mol. The standard InChI is InChI=1S/C11H12Cl2N2O3S/c1-6(16)14-9-15-7(4-19-9)3-18-8(17)10(2)5-11(10,12)13/h4H,3,5H2,1-2H3,(H,14,15,16). The summed E-state index contributed by atoms with van der Waals surface area (Å²) in [5.41, 5.74) is -0.270. The Morgan fingerprint density at radius 2 is 2.21 bits per heavy atom. The number of anilines is 1. The smallest absolute Gasteiger partial charge is 0.315 e. The molecule has 1 aromatic heterocycles. The Morgan fingerprint density at radius 3 is 2.74 bits per heavy atom. The number of hydrogen-bond acceptors (Lipinski definition) is 5. The van der Waals surface area contributed by atoms with Gasteiger partial charge in [-0.25, -0.2) is 4.98 Å². The lowest BCUT2D eigenvalue weighted by Gasteiger charge is -2.10. The molecule has 0 radical (unpaired) electrons. The first-order chi connectivity index (χ1) is 8.74. The van der Waals surface area contributed by atoms with Crippen LogP contribution >= 0.6 is 34.5 Å². The fraction of sp³-hybridized carbons (Fsp3) is 0.545. The molecule has 0 bridgehead atoms. The number of amides is 1. The third-order valence-electron chi connectivity index (χ3n) is 2.89. The van der Waals surface area contributed by atoms with Gasteiger partial charge in [0.25, 0.3) is 0 Å². The third kappa shape index (κ3) is 3.01. The molecular formula is C11H12Cl2N2O3S. The lowest BCUT2D eigenvalue weighted by Crippen LogP contribution is -2.21. The topological polar surface area (TPSA) is 68.3 Å². The van der Waals surface area contributed by atoms with Gasteiger partial charge in [0, 0.05) is 18.7 Å². The van der Waals surface area contributed by atoms with Crippen LogP contribution in [0.15, 0.2) is 5.38 Å². The van der Waals surface area contributed by atoms with Gasteiger partial charge in [-0.1, -0.05) is 0 Å². The Labute approximate surface area is 124 Å². The molecule has 0 spiro atoms. The minimum absolute atomic E-state index is 0.0361. The number of nitrogens with one attached hydrogen (secondary N) is 1. The number of esters is 1. The summed E-state index contributed by atoms with van der Waals surface area (Å²) in [6, 6.07) is 0. The number of carbonyl (C=O) groups is 2. The maximum absolute atomic E-state index is 11.8. The summed E-state index contributed by atoms with van der Waals surface area (Å²) in [5.74, 6) is -0.635. The van der Waals surface area contributed by atoms with Crippen LogP contribution in [0, 0.1) is 5.41 Å². The summed E-state index contributed by atoms with van der Waals surface area (Å²) in [6.45, 7) is 3.10. The summed E-state index contributed by atoms with van der Waals surface area (Å²) >= 11 is 13.0. The van der Waals surface area contributed by atoms with Gasteiger partial charge in [0.1, 0.15) is 16.4 Å². The van der Waals surface area contributed by atoms with Crippen molar-refractivity contribution in [1.82, 2.24) is 4.98 Å². The third-order valence-corrected chi connectivity index (χ3v) is 4.80. The summed E-state index contributed by atoms with van der Waals surface area (Å²) in [7, 11) is 0. The minimum Gasteiger partial charge on any atom is -0.459 e. The molecule has 0 aromatic carbocycles. The van der Waals surface area contributed by atoms with E-state index in [9.17, 15) is 9.59 Å². The first-order valence-corrected chi connectivity index (χ1v) is 7.15. The van der Waals surface area contributed by atoms with Crippen LogP contribution in [0.3, 0.4) is 0 Å². The van der Waals surface area contributed by atoms with E-state index in [4.69, 9.17) is 27.9 Å². The number of nitrogens with zero attached hydrogens (tertiary/aromatic N) is 1. The molecule has 2 rings (SSSR count). The maximum Gasteiger partial charge on any atom is 0.315 e. The minimum atomic E-state index is -1.03. The number of thiazole rings is 1. The summed E-state index contributed by atoms with van der Waals surface area (Å²) in [6.07, 6.45) is 0.385. The zero-order chi connectivity index (χ0) is 14.3. The molecule has 1 saturated carbocycles. The molecule has 1 heterocycles. The molecule has 8 heteroatoms. The van der Waals surface area contributed by atoms with Crippen molar-refractivity contribution in [2.75, 3.05) is 5.32 Å². The predicted molar refractivity (Wildman–Crippen MR) is 73.4 cm³/mol. The van der Waals surface area contributed by atoms with Gasteiger partial charge in [-0.05, 0) is 6.92 Å². The SMILES string of the molecule is CC(=O)Nc1nc(COC(=O)C2(C)CC2(Cl)Cl)cs1. The molecular weight excluding hydrogens is 311 g/mol. The van der Waals surface area contributed by atoms with Gasteiger partial charge in [-0.15, -0.1) is 34.5 Å². The van der Waals surface area contributed by atoms with E-state index in [1.165, 1.54) is 18.3 Å². The van der Waals surface area contributed by atoms with Gasteiger partial charge in [0.15, 0.2) is 5.13 Å². The fourth-order valence-corrected chi connectivity index (χ4v) is 2.93. The number of alkyl halides is 2. The Morgan fingerprint density at radius 1 is 1.58 bits per heavy atom. The molecule has 0 saturated heterocycles. The van der Waals surface area contributed by atoms with Gasteiger partial charge in [0.05, 0.1) is 5.69 Å². The lowest BCUT2D eigenvalue weighted by molar-refractivity contribution is -0.151. The van der Waals surface area contributed by atoms with Crippen molar-refractivity contribution in [2.24, 2.45) is 5.41 Å². The van der Waals surface area contributed by atoms with Crippen molar-refractivity contribution in [1.29, 1.82) is 0 Å². The van der Waals surface area contributed by atoms with Crippen LogP contribution in [0.5, 0.6) is 0 Å². The average molecular weight is 323 g/mol. The molecule has 1 unspecified atom stereocenters. The zero-order valence-corrected chi connectivity index (χ0v) is 12.7. The highest BCUT2D eigenvalue weighted by molar-refractivity contribution is 7.13. The van der Waals surface area contributed by atoms with E-state index in [2.05, 4.69) is 10.3 Å². The molecule has 1 aliphatic rings. The normalized spacial score (nSPS) is 23.8. The van der Waals surface area contributed by atoms with E-state index in [0.717, 1.165) is 0 Å². The second-order valence-electron chi connectivity index (χ2n) is 4.61. The molecule has 1 atom stereocenters. The molecule has 104 valence electrons. The highest BCUT2D eigenvalue weighted by Crippen LogP contribution is 2.64. The number of carbonyl (C=O) groups excluding carboxylic acids is 2. The van der Waals surface area contributed by atoms with Crippen LogP contribution in [0.1, 0.15) is 26.0 Å². The Balaban J connectivity index is 1.88. The highest BCUT2D eigenvalue weighted by Gasteiger charge is 2.69. The van der Waals surface area contributed by atoms with Crippen molar-refractivity contribution in [2.45, 2.75) is 31.2 Å². The van der Waals surface area contributed by atoms with Crippen LogP contribution in [0.2, 0.25) is 0 Å². The summed E-state index contributed by atoms with van der Waals surface area (Å²) < 4.78 is 4.10. The van der Waals surface area contributed by atoms with Gasteiger partial charge in [-0.2, -0.15) is 0 Å². The second kappa shape index (κ2) is 4.92. The van der Waals surface area contributed by atoms with E-state index in [1.54, 1.807) is 12.3 Å². The van der Waals surface area contributed by atoms with Crippen LogP contribution in [0.4, 0.5) is 5.13 Å². The van der Waals surface area contributed by atoms with Gasteiger partial charge >= 0.3 is 5.97 Å². The van der Waals surface area contributed by atoms with Gasteiger partial charge in [0.2, 0.25) is 5.91 Å². The molecule has 5 nitrogen and oxygen atoms in total. The second-order valence-corrected chi connectivity index (χ2v) is 6.96. The van der Waals surface area contributed by atoms with E-state index in [1.807, 2.05) is 0 Å². The van der Waals surface area contributed by atoms with Crippen molar-refractivity contribution in [3.8, 4) is 0 Å². The van der Waals surface area contributed by atoms with E-state index < -0.39 is 15.7 Å². The van der Waals surface area contributed by atoms with Crippen molar-refractivity contribution in [3.05, 3.63) is 11.1 Å². The Kier molecular flexibility index (Phi) is 3.77. The highest BCUT2D eigenvalue weighted by atomic mass is 35.5. The number of aromatic nitrogens is 1. The number of ether oxygens (including phenoxy) is 1. The molecule has 1 aliphatic carbocycles. The van der Waals surface area contributed by atoms with Crippen LogP contribution < -0.4 is 5.32 Å². The molecule has 19 heavy (non-hydrogen) atoms. The average Bonchev–Trinajstić information content (AvgIpc) is 2.66. The van der Waals surface area contributed by atoms with Gasteiger partial charge in [-0.3, -0.25) is 9.59 Å². The van der Waals surface area contributed by atoms with E-state index in [0.29, 0.717) is 17.2 Å². The van der Waals surface area contributed by atoms with Crippen molar-refractivity contribution in [3.63, 3.8) is 0 Å². The van der Waals surface area contributed by atoms with Crippen molar-refractivity contribution >= 4 is 51.5 Å². The predicted octanol–water partition coefficient (Wildman–Crippen LogP) is 2.73. The van der Waals surface area contributed by atoms with E-state index >= 15 is 0 Å². The summed E-state index contributed by atoms with van der Waals surface area (Å²) in [5, 5.41) is 4.74. The largest absolute Gasteiger partial charge is 0.459 e. The van der Waals surface area contributed by atoms with Gasteiger partial charge < -0.3 is 10.1 Å². The number of halogens is 2. The van der Waals surface area contributed by atoms with Crippen LogP contribution in [-0.4, -0.2) is 21.2 Å². The molecule has 1 fully saturated rings. The van der Waals surface area contributed by atoms with E-state index in [-0.39, 0.29) is 12.5 Å². The Bertz CT molecular complexity index is 532. The van der Waals surface area contributed by atoms with Crippen molar-refractivity contribution < 1.29 is 14.3 Å². The first-order valence-electron chi connectivity index (χ1n) is 5.52. The summed E-state index contributed by atoms with van der Waals surface area (Å²) in [4.78, 5) is 26.8. The lowest BCUT2D eigenvalue weighted by atomic mass is 10.1. The quantitative estimate of drug-likeness (QED) is 0.683. The molecule has 0 aliphatic heterocycles. The number of hydrogen-bond donors (Lipinski definition) is 1. The zero-order valence-electron chi connectivity index (χ0n) is 10.3. The Hall–Kier alpha value is -0.850.